The third kappa shape index (κ3) is 11.2. The van der Waals surface area contributed by atoms with E-state index in [9.17, 15) is 9.59 Å². The molecule has 0 saturated carbocycles. The molecule has 29 heavy (non-hydrogen) atoms. The molecule has 2 rings (SSSR count). The first-order valence-corrected chi connectivity index (χ1v) is 9.34. The van der Waals surface area contributed by atoms with Crippen LogP contribution < -0.4 is 0 Å². The highest BCUT2D eigenvalue weighted by atomic mass is 16.5. The van der Waals surface area contributed by atoms with Crippen molar-refractivity contribution in [2.24, 2.45) is 0 Å². The van der Waals surface area contributed by atoms with Crippen LogP contribution in [0.2, 0.25) is 0 Å². The largest absolute Gasteiger partial charge is 0.394 e. The first kappa shape index (κ1) is 24.6. The number of ether oxygens (including phenoxy) is 3. The van der Waals surface area contributed by atoms with E-state index in [-0.39, 0.29) is 13.2 Å². The van der Waals surface area contributed by atoms with E-state index in [0.717, 1.165) is 0 Å². The second-order valence-electron chi connectivity index (χ2n) is 5.67. The van der Waals surface area contributed by atoms with Crippen LogP contribution in [-0.2, 0) is 14.2 Å². The van der Waals surface area contributed by atoms with Gasteiger partial charge in [0.1, 0.15) is 0 Å². The number of ketones is 2. The Hall–Kier alpha value is -2.42. The molecule has 0 aliphatic heterocycles. The van der Waals surface area contributed by atoms with Crippen LogP contribution in [0.25, 0.3) is 0 Å². The standard InChI is InChI=1S/C14H10O2.C8H18O5/c15-13(11-7-3-1-4-8-11)14(16)12-9-5-2-6-10-12;9-1-3-11-5-7-13-8-6-12-4-2-10/h1-10H;9-10H,1-8H2. The van der Waals surface area contributed by atoms with Gasteiger partial charge in [-0.15, -0.1) is 0 Å². The summed E-state index contributed by atoms with van der Waals surface area (Å²) in [6.07, 6.45) is 0. The fourth-order valence-electron chi connectivity index (χ4n) is 2.11. The van der Waals surface area contributed by atoms with E-state index in [1.807, 2.05) is 12.1 Å². The minimum atomic E-state index is -0.466. The Morgan fingerprint density at radius 1 is 0.552 bits per heavy atom. The first-order chi connectivity index (χ1) is 14.2. The Morgan fingerprint density at radius 2 is 0.862 bits per heavy atom. The summed E-state index contributed by atoms with van der Waals surface area (Å²) in [5.41, 5.74) is 0.854. The lowest BCUT2D eigenvalue weighted by Crippen LogP contribution is -2.14. The maximum atomic E-state index is 11.8. The summed E-state index contributed by atoms with van der Waals surface area (Å²) in [6.45, 7) is 2.76. The van der Waals surface area contributed by atoms with Gasteiger partial charge in [-0.2, -0.15) is 0 Å². The highest BCUT2D eigenvalue weighted by Gasteiger charge is 2.17. The zero-order chi connectivity index (χ0) is 21.2. The fraction of sp³-hybridized carbons (Fsp3) is 0.364. The minimum absolute atomic E-state index is 0.0413. The van der Waals surface area contributed by atoms with Gasteiger partial charge in [-0.05, 0) is 0 Å². The molecule has 0 amide bonds. The van der Waals surface area contributed by atoms with Crippen LogP contribution in [0, 0.1) is 0 Å². The molecular formula is C22H28O7. The molecule has 2 aromatic carbocycles. The second kappa shape index (κ2) is 16.5. The van der Waals surface area contributed by atoms with E-state index in [0.29, 0.717) is 50.8 Å². The lowest BCUT2D eigenvalue weighted by Gasteiger charge is -2.04. The number of benzene rings is 2. The first-order valence-electron chi connectivity index (χ1n) is 9.34. The van der Waals surface area contributed by atoms with Crippen LogP contribution in [0.4, 0.5) is 0 Å². The predicted octanol–water partition coefficient (Wildman–Crippen LogP) is 1.77. The molecule has 0 aromatic heterocycles. The molecule has 7 heteroatoms. The summed E-state index contributed by atoms with van der Waals surface area (Å²) < 4.78 is 15.0. The molecule has 0 aliphatic rings. The van der Waals surface area contributed by atoms with Crippen LogP contribution in [-0.4, -0.2) is 74.6 Å². The van der Waals surface area contributed by atoms with Crippen molar-refractivity contribution >= 4 is 11.6 Å². The predicted molar refractivity (Wildman–Crippen MR) is 108 cm³/mol. The summed E-state index contributed by atoms with van der Waals surface area (Å²) in [4.78, 5) is 23.6. The van der Waals surface area contributed by atoms with Crippen LogP contribution in [0.15, 0.2) is 60.7 Å². The third-order valence-electron chi connectivity index (χ3n) is 3.49. The monoisotopic (exact) mass is 404 g/mol. The normalized spacial score (nSPS) is 10.1. The smallest absolute Gasteiger partial charge is 0.233 e. The van der Waals surface area contributed by atoms with E-state index in [4.69, 9.17) is 24.4 Å². The van der Waals surface area contributed by atoms with Crippen molar-refractivity contribution in [3.05, 3.63) is 71.8 Å². The fourth-order valence-corrected chi connectivity index (χ4v) is 2.11. The Morgan fingerprint density at radius 3 is 1.17 bits per heavy atom. The van der Waals surface area contributed by atoms with Crippen LogP contribution >= 0.6 is 0 Å². The zero-order valence-corrected chi connectivity index (χ0v) is 16.4. The number of hydrogen-bond donors (Lipinski definition) is 2. The number of rotatable bonds is 13. The number of aliphatic hydroxyl groups excluding tert-OH is 2. The van der Waals surface area contributed by atoms with Gasteiger partial charge in [-0.1, -0.05) is 60.7 Å². The summed E-state index contributed by atoms with van der Waals surface area (Å²) in [6, 6.07) is 17.2. The van der Waals surface area contributed by atoms with Crippen molar-refractivity contribution in [3.63, 3.8) is 0 Å². The highest BCUT2D eigenvalue weighted by molar-refractivity contribution is 6.49. The van der Waals surface area contributed by atoms with Crippen LogP contribution in [0.5, 0.6) is 0 Å². The molecule has 0 fully saturated rings. The van der Waals surface area contributed by atoms with E-state index >= 15 is 0 Å². The van der Waals surface area contributed by atoms with Crippen molar-refractivity contribution in [2.45, 2.75) is 0 Å². The third-order valence-corrected chi connectivity index (χ3v) is 3.49. The van der Waals surface area contributed by atoms with Gasteiger partial charge >= 0.3 is 0 Å². The molecule has 0 radical (unpaired) electrons. The molecule has 0 bridgehead atoms. The van der Waals surface area contributed by atoms with Crippen molar-refractivity contribution < 1.29 is 34.0 Å². The molecule has 158 valence electrons. The Balaban J connectivity index is 0.000000298. The topological polar surface area (TPSA) is 102 Å². The minimum Gasteiger partial charge on any atom is -0.394 e. The maximum absolute atomic E-state index is 11.8. The summed E-state index contributed by atoms with van der Waals surface area (Å²) in [7, 11) is 0. The lowest BCUT2D eigenvalue weighted by molar-refractivity contribution is 0.00230. The van der Waals surface area contributed by atoms with Gasteiger partial charge in [0, 0.05) is 11.1 Å². The molecule has 0 heterocycles. The average Bonchev–Trinajstić information content (AvgIpc) is 2.78. The SMILES string of the molecule is O=C(C(=O)c1ccccc1)c1ccccc1.OCCOCCOCCOCCO. The van der Waals surface area contributed by atoms with Crippen LogP contribution in [0.3, 0.4) is 0 Å². The summed E-state index contributed by atoms with van der Waals surface area (Å²) >= 11 is 0. The van der Waals surface area contributed by atoms with Gasteiger partial charge < -0.3 is 24.4 Å². The van der Waals surface area contributed by atoms with Gasteiger partial charge in [0.2, 0.25) is 11.6 Å². The van der Waals surface area contributed by atoms with Crippen molar-refractivity contribution in [2.75, 3.05) is 52.9 Å². The zero-order valence-electron chi connectivity index (χ0n) is 16.4. The molecular weight excluding hydrogens is 376 g/mol. The van der Waals surface area contributed by atoms with Crippen LogP contribution in [0.1, 0.15) is 20.7 Å². The number of carbonyl (C=O) groups is 2. The number of carbonyl (C=O) groups excluding carboxylic acids is 2. The van der Waals surface area contributed by atoms with E-state index < -0.39 is 11.6 Å². The van der Waals surface area contributed by atoms with Gasteiger partial charge in [0.25, 0.3) is 0 Å². The summed E-state index contributed by atoms with van der Waals surface area (Å²) in [5.74, 6) is -0.932. The maximum Gasteiger partial charge on any atom is 0.233 e. The molecule has 0 unspecified atom stereocenters. The summed E-state index contributed by atoms with van der Waals surface area (Å²) in [5, 5.41) is 16.7. The molecule has 2 N–H and O–H groups in total. The average molecular weight is 404 g/mol. The molecule has 0 atom stereocenters. The van der Waals surface area contributed by atoms with Crippen molar-refractivity contribution in [1.29, 1.82) is 0 Å². The highest BCUT2D eigenvalue weighted by Crippen LogP contribution is 2.07. The van der Waals surface area contributed by atoms with Gasteiger partial charge in [-0.25, -0.2) is 0 Å². The Kier molecular flexibility index (Phi) is 14.0. The van der Waals surface area contributed by atoms with Crippen molar-refractivity contribution in [1.82, 2.24) is 0 Å². The Bertz CT molecular complexity index is 615. The quantitative estimate of drug-likeness (QED) is 0.298. The Labute approximate surface area is 170 Å². The number of aliphatic hydroxyl groups is 2. The van der Waals surface area contributed by atoms with E-state index in [1.165, 1.54) is 0 Å². The number of hydrogen-bond acceptors (Lipinski definition) is 7. The lowest BCUT2D eigenvalue weighted by atomic mass is 10.0. The molecule has 0 aliphatic carbocycles. The van der Waals surface area contributed by atoms with E-state index in [1.54, 1.807) is 48.5 Å². The van der Waals surface area contributed by atoms with Gasteiger partial charge in [0.15, 0.2) is 0 Å². The number of Topliss-reactive ketones (excluding diaryl/α,β-unsaturated/α-hetero) is 2. The van der Waals surface area contributed by atoms with Gasteiger partial charge in [-0.3, -0.25) is 9.59 Å². The molecule has 0 saturated heterocycles. The molecule has 7 nitrogen and oxygen atoms in total. The van der Waals surface area contributed by atoms with Gasteiger partial charge in [0.05, 0.1) is 52.9 Å². The van der Waals surface area contributed by atoms with E-state index in [2.05, 4.69) is 0 Å². The van der Waals surface area contributed by atoms with Crippen molar-refractivity contribution in [3.8, 4) is 0 Å². The molecule has 0 spiro atoms. The molecule has 2 aromatic rings. The second-order valence-corrected chi connectivity index (χ2v) is 5.67.